The number of aryl methyl sites for hydroxylation is 1. The predicted molar refractivity (Wildman–Crippen MR) is 136 cm³/mol. The van der Waals surface area contributed by atoms with Crippen LogP contribution in [0.5, 0.6) is 0 Å². The summed E-state index contributed by atoms with van der Waals surface area (Å²) in [6.07, 6.45) is 12.3. The SMILES string of the molecule is CC=CCCC1CC=C(c2ccc(-c3ccc(-c4ccc(CC)c(F)c4F)cc3)cc2F)CC1. The summed E-state index contributed by atoms with van der Waals surface area (Å²) < 4.78 is 43.7. The molecule has 0 radical (unpaired) electrons. The van der Waals surface area contributed by atoms with Gasteiger partial charge in [0, 0.05) is 11.1 Å². The third-order valence-corrected chi connectivity index (χ3v) is 6.88. The topological polar surface area (TPSA) is 0 Å². The van der Waals surface area contributed by atoms with Gasteiger partial charge in [-0.3, -0.25) is 0 Å². The number of hydrogen-bond acceptors (Lipinski definition) is 0. The maximum Gasteiger partial charge on any atom is 0.166 e. The molecule has 34 heavy (non-hydrogen) atoms. The van der Waals surface area contributed by atoms with E-state index >= 15 is 4.39 Å². The first-order valence-corrected chi connectivity index (χ1v) is 12.2. The van der Waals surface area contributed by atoms with Crippen molar-refractivity contribution in [3.63, 3.8) is 0 Å². The maximum atomic E-state index is 15.0. The fourth-order valence-electron chi connectivity index (χ4n) is 4.78. The molecule has 1 atom stereocenters. The van der Waals surface area contributed by atoms with Crippen molar-refractivity contribution in [2.75, 3.05) is 0 Å². The second-order valence-electron chi connectivity index (χ2n) is 9.04. The molecule has 4 rings (SSSR count). The zero-order chi connectivity index (χ0) is 24.1. The maximum absolute atomic E-state index is 15.0. The minimum absolute atomic E-state index is 0.219. The molecule has 0 bridgehead atoms. The molecule has 1 unspecified atom stereocenters. The third-order valence-electron chi connectivity index (χ3n) is 6.88. The minimum atomic E-state index is -0.827. The van der Waals surface area contributed by atoms with Crippen molar-refractivity contribution >= 4 is 5.57 Å². The normalized spacial score (nSPS) is 16.1. The van der Waals surface area contributed by atoms with Crippen molar-refractivity contribution in [2.24, 2.45) is 5.92 Å². The van der Waals surface area contributed by atoms with Crippen LogP contribution < -0.4 is 0 Å². The summed E-state index contributed by atoms with van der Waals surface area (Å²) in [5.41, 5.74) is 4.57. The molecule has 1 aliphatic carbocycles. The van der Waals surface area contributed by atoms with Crippen LogP contribution in [0.25, 0.3) is 27.8 Å². The second-order valence-corrected chi connectivity index (χ2v) is 9.04. The van der Waals surface area contributed by atoms with Crippen LogP contribution in [-0.4, -0.2) is 0 Å². The third kappa shape index (κ3) is 5.19. The van der Waals surface area contributed by atoms with E-state index in [9.17, 15) is 8.78 Å². The van der Waals surface area contributed by atoms with Gasteiger partial charge in [0.15, 0.2) is 11.6 Å². The van der Waals surface area contributed by atoms with Gasteiger partial charge in [-0.05, 0) is 85.3 Å². The Labute approximate surface area is 200 Å². The Kier molecular flexibility index (Phi) is 7.72. The molecule has 3 aromatic rings. The zero-order valence-electron chi connectivity index (χ0n) is 19.9. The largest absolute Gasteiger partial charge is 0.206 e. The average Bonchev–Trinajstić information content (AvgIpc) is 2.86. The number of hydrogen-bond donors (Lipinski definition) is 0. The van der Waals surface area contributed by atoms with Crippen molar-refractivity contribution in [3.8, 4) is 22.3 Å². The molecule has 0 saturated heterocycles. The number of allylic oxidation sites excluding steroid dienone is 4. The fourth-order valence-corrected chi connectivity index (χ4v) is 4.78. The lowest BCUT2D eigenvalue weighted by atomic mass is 9.84. The lowest BCUT2D eigenvalue weighted by molar-refractivity contribution is 0.453. The lowest BCUT2D eigenvalue weighted by Crippen LogP contribution is -2.06. The lowest BCUT2D eigenvalue weighted by Gasteiger charge is -2.22. The Hall–Kier alpha value is -3.07. The summed E-state index contributed by atoms with van der Waals surface area (Å²) in [6.45, 7) is 3.84. The van der Waals surface area contributed by atoms with Crippen LogP contribution in [0.3, 0.4) is 0 Å². The molecule has 0 saturated carbocycles. The summed E-state index contributed by atoms with van der Waals surface area (Å²) in [6, 6.07) is 15.8. The summed E-state index contributed by atoms with van der Waals surface area (Å²) in [5, 5.41) is 0. The molecule has 0 nitrogen and oxygen atoms in total. The van der Waals surface area contributed by atoms with E-state index in [2.05, 4.69) is 18.2 Å². The highest BCUT2D eigenvalue weighted by Gasteiger charge is 2.18. The molecular weight excluding hydrogens is 429 g/mol. The molecule has 0 fully saturated rings. The van der Waals surface area contributed by atoms with Gasteiger partial charge in [0.2, 0.25) is 0 Å². The average molecular weight is 461 g/mol. The number of benzene rings is 3. The molecule has 1 aliphatic rings. The van der Waals surface area contributed by atoms with Crippen molar-refractivity contribution in [1.29, 1.82) is 0 Å². The quantitative estimate of drug-likeness (QED) is 0.308. The van der Waals surface area contributed by atoms with Crippen LogP contribution >= 0.6 is 0 Å². The van der Waals surface area contributed by atoms with E-state index in [0.29, 0.717) is 29.0 Å². The van der Waals surface area contributed by atoms with Gasteiger partial charge in [-0.2, -0.15) is 0 Å². The van der Waals surface area contributed by atoms with Gasteiger partial charge in [0.1, 0.15) is 5.82 Å². The van der Waals surface area contributed by atoms with Gasteiger partial charge in [-0.1, -0.05) is 73.7 Å². The van der Waals surface area contributed by atoms with Crippen molar-refractivity contribution in [3.05, 3.63) is 101 Å². The van der Waals surface area contributed by atoms with Crippen molar-refractivity contribution in [2.45, 2.75) is 52.4 Å². The second kappa shape index (κ2) is 10.9. The zero-order valence-corrected chi connectivity index (χ0v) is 19.9. The molecule has 0 N–H and O–H groups in total. The Bertz CT molecular complexity index is 1200. The number of rotatable bonds is 7. The van der Waals surface area contributed by atoms with Crippen LogP contribution in [0.1, 0.15) is 57.1 Å². The van der Waals surface area contributed by atoms with Gasteiger partial charge < -0.3 is 0 Å². The molecule has 3 aromatic carbocycles. The van der Waals surface area contributed by atoms with Crippen LogP contribution in [-0.2, 0) is 6.42 Å². The Morgan fingerprint density at radius 1 is 0.853 bits per heavy atom. The van der Waals surface area contributed by atoms with Crippen LogP contribution in [0.2, 0.25) is 0 Å². The predicted octanol–water partition coefficient (Wildman–Crippen LogP) is 9.54. The summed E-state index contributed by atoms with van der Waals surface area (Å²) in [4.78, 5) is 0. The van der Waals surface area contributed by atoms with Crippen molar-refractivity contribution < 1.29 is 13.2 Å². The van der Waals surface area contributed by atoms with Gasteiger partial charge in [-0.15, -0.1) is 0 Å². The molecular formula is C31H31F3. The van der Waals surface area contributed by atoms with E-state index in [4.69, 9.17) is 0 Å². The molecule has 0 aliphatic heterocycles. The van der Waals surface area contributed by atoms with Gasteiger partial charge >= 0.3 is 0 Å². The van der Waals surface area contributed by atoms with E-state index in [1.165, 1.54) is 6.42 Å². The standard InChI is InChI=1S/C31H31F3/c1-3-5-6-7-21-8-10-24(11-9-21)27-18-17-26(20-29(27)32)23-12-14-25(15-13-23)28-19-16-22(4-2)30(33)31(28)34/h3,5,10,12-21H,4,6-9,11H2,1-2H3. The fraction of sp³-hybridized carbons (Fsp3) is 0.290. The summed E-state index contributed by atoms with van der Waals surface area (Å²) in [7, 11) is 0. The minimum Gasteiger partial charge on any atom is -0.206 e. The van der Waals surface area contributed by atoms with Crippen LogP contribution in [0, 0.1) is 23.4 Å². The highest BCUT2D eigenvalue weighted by Crippen LogP contribution is 2.35. The first-order valence-electron chi connectivity index (χ1n) is 12.2. The van der Waals surface area contributed by atoms with Crippen molar-refractivity contribution in [1.82, 2.24) is 0 Å². The summed E-state index contributed by atoms with van der Waals surface area (Å²) in [5.74, 6) is -1.16. The first-order chi connectivity index (χ1) is 16.5. The van der Waals surface area contributed by atoms with E-state index in [-0.39, 0.29) is 11.4 Å². The Morgan fingerprint density at radius 3 is 2.21 bits per heavy atom. The molecule has 0 heterocycles. The Morgan fingerprint density at radius 2 is 1.56 bits per heavy atom. The van der Waals surface area contributed by atoms with Gasteiger partial charge in [-0.25, -0.2) is 13.2 Å². The molecule has 176 valence electrons. The molecule has 3 heteroatoms. The monoisotopic (exact) mass is 460 g/mol. The smallest absolute Gasteiger partial charge is 0.166 e. The van der Waals surface area contributed by atoms with Crippen LogP contribution in [0.15, 0.2) is 72.8 Å². The van der Waals surface area contributed by atoms with E-state index < -0.39 is 11.6 Å². The summed E-state index contributed by atoms with van der Waals surface area (Å²) >= 11 is 0. The molecule has 0 aromatic heterocycles. The Balaban J connectivity index is 1.50. The number of halogens is 3. The van der Waals surface area contributed by atoms with Gasteiger partial charge in [0.25, 0.3) is 0 Å². The highest BCUT2D eigenvalue weighted by atomic mass is 19.2. The van der Waals surface area contributed by atoms with E-state index in [1.54, 1.807) is 37.3 Å². The van der Waals surface area contributed by atoms with Gasteiger partial charge in [0.05, 0.1) is 0 Å². The van der Waals surface area contributed by atoms with E-state index in [0.717, 1.165) is 42.4 Å². The van der Waals surface area contributed by atoms with Crippen LogP contribution in [0.4, 0.5) is 13.2 Å². The molecule has 0 spiro atoms. The molecule has 0 amide bonds. The first kappa shape index (κ1) is 24.1. The highest BCUT2D eigenvalue weighted by molar-refractivity contribution is 5.74. The van der Waals surface area contributed by atoms with E-state index in [1.807, 2.05) is 31.2 Å².